The number of benzene rings is 1. The molecule has 6 heteroatoms. The highest BCUT2D eigenvalue weighted by Gasteiger charge is 2.36. The smallest absolute Gasteiger partial charge is 0.339 e. The second-order valence-corrected chi connectivity index (χ2v) is 6.25. The van der Waals surface area contributed by atoms with Gasteiger partial charge >= 0.3 is 6.18 Å². The zero-order valence-corrected chi connectivity index (χ0v) is 13.3. The van der Waals surface area contributed by atoms with E-state index >= 15 is 0 Å². The van der Waals surface area contributed by atoms with Crippen LogP contribution in [-0.2, 0) is 6.18 Å². The first kappa shape index (κ1) is 16.3. The Bertz CT molecular complexity index is 522. The highest BCUT2D eigenvalue weighted by molar-refractivity contribution is 9.10. The van der Waals surface area contributed by atoms with E-state index in [-0.39, 0.29) is 5.56 Å². The number of carbonyl (C=O) groups is 1. The van der Waals surface area contributed by atoms with Crippen molar-refractivity contribution < 1.29 is 18.0 Å². The molecule has 21 heavy (non-hydrogen) atoms. The quantitative estimate of drug-likeness (QED) is 0.743. The Morgan fingerprint density at radius 1 is 1.33 bits per heavy atom. The number of halogens is 4. The van der Waals surface area contributed by atoms with Crippen LogP contribution in [0.3, 0.4) is 0 Å². The molecule has 1 fully saturated rings. The van der Waals surface area contributed by atoms with Crippen LogP contribution in [0.25, 0.3) is 0 Å². The van der Waals surface area contributed by atoms with Gasteiger partial charge in [0.15, 0.2) is 0 Å². The van der Waals surface area contributed by atoms with Gasteiger partial charge in [0.1, 0.15) is 0 Å². The molecule has 0 spiro atoms. The van der Waals surface area contributed by atoms with Crippen molar-refractivity contribution in [2.75, 3.05) is 13.1 Å². The zero-order valence-electron chi connectivity index (χ0n) is 11.7. The summed E-state index contributed by atoms with van der Waals surface area (Å²) in [5.41, 5.74) is -1.14. The normalized spacial score (nSPS) is 17.1. The lowest BCUT2D eigenvalue weighted by atomic mass is 9.93. The molecule has 2 nitrogen and oxygen atoms in total. The Morgan fingerprint density at radius 3 is 2.48 bits per heavy atom. The van der Waals surface area contributed by atoms with E-state index in [4.69, 9.17) is 0 Å². The Balaban J connectivity index is 2.24. The molecule has 0 N–H and O–H groups in total. The van der Waals surface area contributed by atoms with Gasteiger partial charge in [-0.3, -0.25) is 4.79 Å². The monoisotopic (exact) mass is 363 g/mol. The maximum atomic E-state index is 13.1. The fourth-order valence-corrected chi connectivity index (χ4v) is 3.01. The minimum atomic E-state index is -4.53. The minimum absolute atomic E-state index is 0.263. The number of hydrogen-bond acceptors (Lipinski definition) is 1. The molecule has 1 aromatic rings. The van der Waals surface area contributed by atoms with E-state index in [0.717, 1.165) is 25.3 Å². The Hall–Kier alpha value is -1.04. The summed E-state index contributed by atoms with van der Waals surface area (Å²) in [6.45, 7) is 3.16. The van der Waals surface area contributed by atoms with Crippen molar-refractivity contribution in [3.8, 4) is 0 Å². The van der Waals surface area contributed by atoms with Crippen LogP contribution in [0.5, 0.6) is 0 Å². The highest BCUT2D eigenvalue weighted by atomic mass is 79.9. The number of carbonyl (C=O) groups excluding carboxylic acids is 1. The van der Waals surface area contributed by atoms with Gasteiger partial charge < -0.3 is 4.90 Å². The Kier molecular flexibility index (Phi) is 4.96. The molecule has 0 saturated carbocycles. The summed E-state index contributed by atoms with van der Waals surface area (Å²) >= 11 is 3.03. The highest BCUT2D eigenvalue weighted by Crippen LogP contribution is 2.35. The molecule has 1 heterocycles. The van der Waals surface area contributed by atoms with E-state index in [0.29, 0.717) is 23.5 Å². The van der Waals surface area contributed by atoms with E-state index in [1.165, 1.54) is 17.0 Å². The number of likely N-dealkylation sites (tertiary alicyclic amines) is 1. The van der Waals surface area contributed by atoms with Gasteiger partial charge in [0.05, 0.1) is 11.1 Å². The fourth-order valence-electron chi connectivity index (χ4n) is 2.65. The molecule has 116 valence electrons. The summed E-state index contributed by atoms with van der Waals surface area (Å²) in [7, 11) is 0. The largest absolute Gasteiger partial charge is 0.417 e. The topological polar surface area (TPSA) is 20.3 Å². The van der Waals surface area contributed by atoms with Crippen LogP contribution in [0.2, 0.25) is 0 Å². The van der Waals surface area contributed by atoms with Crippen LogP contribution < -0.4 is 0 Å². The summed E-state index contributed by atoms with van der Waals surface area (Å²) in [6, 6.07) is 3.69. The van der Waals surface area contributed by atoms with Crippen molar-refractivity contribution in [2.24, 2.45) is 5.92 Å². The van der Waals surface area contributed by atoms with Crippen molar-refractivity contribution in [1.29, 1.82) is 0 Å². The first-order valence-corrected chi connectivity index (χ1v) is 7.78. The molecule has 1 aromatic carbocycles. The number of piperidine rings is 1. The first-order valence-electron chi connectivity index (χ1n) is 6.99. The second-order valence-electron chi connectivity index (χ2n) is 5.33. The fraction of sp³-hybridized carbons (Fsp3) is 0.533. The molecule has 1 amide bonds. The molecule has 0 aromatic heterocycles. The van der Waals surface area contributed by atoms with Gasteiger partial charge in [0.25, 0.3) is 5.91 Å². The van der Waals surface area contributed by atoms with Gasteiger partial charge in [-0.15, -0.1) is 0 Å². The van der Waals surface area contributed by atoms with Crippen molar-refractivity contribution in [2.45, 2.75) is 32.4 Å². The molecule has 0 unspecified atom stereocenters. The Morgan fingerprint density at radius 2 is 1.95 bits per heavy atom. The van der Waals surface area contributed by atoms with Gasteiger partial charge in [0.2, 0.25) is 0 Å². The second kappa shape index (κ2) is 6.38. The molecule has 1 saturated heterocycles. The lowest BCUT2D eigenvalue weighted by Crippen LogP contribution is -2.39. The number of amides is 1. The molecular formula is C15H17BrF3NO. The third-order valence-electron chi connectivity index (χ3n) is 4.00. The van der Waals surface area contributed by atoms with E-state index < -0.39 is 17.6 Å². The van der Waals surface area contributed by atoms with Crippen LogP contribution in [-0.4, -0.2) is 23.9 Å². The third-order valence-corrected chi connectivity index (χ3v) is 4.49. The van der Waals surface area contributed by atoms with Gasteiger partial charge in [-0.05, 0) is 37.0 Å². The van der Waals surface area contributed by atoms with E-state index in [2.05, 4.69) is 22.9 Å². The number of hydrogen-bond donors (Lipinski definition) is 0. The van der Waals surface area contributed by atoms with Crippen molar-refractivity contribution >= 4 is 21.8 Å². The molecule has 0 aliphatic carbocycles. The van der Waals surface area contributed by atoms with Gasteiger partial charge in [-0.2, -0.15) is 13.2 Å². The van der Waals surface area contributed by atoms with Crippen LogP contribution in [0.1, 0.15) is 42.1 Å². The standard InChI is InChI=1S/C15H17BrF3NO/c1-2-10-5-7-20(8-6-10)14(21)12-4-3-11(16)9-13(12)15(17,18)19/h3-4,9-10H,2,5-8H2,1H3. The van der Waals surface area contributed by atoms with Crippen molar-refractivity contribution in [3.63, 3.8) is 0 Å². The van der Waals surface area contributed by atoms with Crippen LogP contribution >= 0.6 is 15.9 Å². The summed E-state index contributed by atoms with van der Waals surface area (Å²) in [5, 5.41) is 0. The molecule has 1 aliphatic heterocycles. The summed E-state index contributed by atoms with van der Waals surface area (Å²) in [5.74, 6) is 0.0467. The van der Waals surface area contributed by atoms with Crippen LogP contribution in [0.15, 0.2) is 22.7 Å². The minimum Gasteiger partial charge on any atom is -0.339 e. The Labute approximate surface area is 130 Å². The predicted molar refractivity (Wildman–Crippen MR) is 78.1 cm³/mol. The number of alkyl halides is 3. The third kappa shape index (κ3) is 3.78. The van der Waals surface area contributed by atoms with E-state index in [1.54, 1.807) is 0 Å². The zero-order chi connectivity index (χ0) is 15.6. The van der Waals surface area contributed by atoms with Crippen LogP contribution in [0, 0.1) is 5.92 Å². The number of nitrogens with zero attached hydrogens (tertiary/aromatic N) is 1. The maximum Gasteiger partial charge on any atom is 0.417 e. The molecule has 1 aliphatic rings. The average Bonchev–Trinajstić information content (AvgIpc) is 2.45. The van der Waals surface area contributed by atoms with Gasteiger partial charge in [0, 0.05) is 17.6 Å². The van der Waals surface area contributed by atoms with Gasteiger partial charge in [-0.25, -0.2) is 0 Å². The maximum absolute atomic E-state index is 13.1. The average molecular weight is 364 g/mol. The van der Waals surface area contributed by atoms with Crippen molar-refractivity contribution in [1.82, 2.24) is 4.90 Å². The molecular weight excluding hydrogens is 347 g/mol. The van der Waals surface area contributed by atoms with E-state index in [1.807, 2.05) is 0 Å². The molecule has 0 bridgehead atoms. The van der Waals surface area contributed by atoms with Crippen molar-refractivity contribution in [3.05, 3.63) is 33.8 Å². The SMILES string of the molecule is CCC1CCN(C(=O)c2ccc(Br)cc2C(F)(F)F)CC1. The summed E-state index contributed by atoms with van der Waals surface area (Å²) < 4.78 is 39.6. The van der Waals surface area contributed by atoms with Crippen LogP contribution in [0.4, 0.5) is 13.2 Å². The molecule has 0 atom stereocenters. The summed E-state index contributed by atoms with van der Waals surface area (Å²) in [4.78, 5) is 13.9. The van der Waals surface area contributed by atoms with E-state index in [9.17, 15) is 18.0 Å². The van der Waals surface area contributed by atoms with Gasteiger partial charge in [-0.1, -0.05) is 29.3 Å². The molecule has 0 radical (unpaired) electrons. The lowest BCUT2D eigenvalue weighted by Gasteiger charge is -2.32. The molecule has 2 rings (SSSR count). The predicted octanol–water partition coefficient (Wildman–Crippen LogP) is 4.73. The number of rotatable bonds is 2. The lowest BCUT2D eigenvalue weighted by molar-refractivity contribution is -0.138. The first-order chi connectivity index (χ1) is 9.82. The summed E-state index contributed by atoms with van der Waals surface area (Å²) in [6.07, 6.45) is -1.76.